The van der Waals surface area contributed by atoms with E-state index in [0.717, 1.165) is 12.0 Å². The molecule has 0 aliphatic heterocycles. The van der Waals surface area contributed by atoms with Crippen LogP contribution in [0.5, 0.6) is 0 Å². The van der Waals surface area contributed by atoms with Crippen molar-refractivity contribution in [2.75, 3.05) is 0 Å². The molecule has 4 nitrogen and oxygen atoms in total. The fourth-order valence-electron chi connectivity index (χ4n) is 6.42. The Balaban J connectivity index is 1.72. The first-order chi connectivity index (χ1) is 14.3. The second-order valence-electron chi connectivity index (χ2n) is 11.6. The van der Waals surface area contributed by atoms with Crippen LogP contribution in [0.3, 0.4) is 0 Å². The summed E-state index contributed by atoms with van der Waals surface area (Å²) in [5.41, 5.74) is 0.750. The Morgan fingerprint density at radius 2 is 1.74 bits per heavy atom. The number of aliphatic hydroxyl groups is 4. The third-order valence-electron chi connectivity index (χ3n) is 8.52. The molecule has 31 heavy (non-hydrogen) atoms. The maximum Gasteiger partial charge on any atom is 0.114 e. The standard InChI is InChI=1S/C27H44O4/c1-18(8-6-14-25(2,3)30)21-12-13-22-20(9-7-15-26(21,22)4)11-10-19-16-23(28)27(5,31)24(29)17-19/h6,8,10-11,18,21-24,28-31H,7,9,12-17H2,1-5H3/b8-6+,19-10?,20-11+/t18-,21?,22?,23-,24-,26?,27?/m1/s1. The van der Waals surface area contributed by atoms with Gasteiger partial charge in [-0.3, -0.25) is 0 Å². The molecule has 4 N–H and O–H groups in total. The quantitative estimate of drug-likeness (QED) is 0.476. The predicted molar refractivity (Wildman–Crippen MR) is 125 cm³/mol. The molecule has 0 radical (unpaired) electrons. The van der Waals surface area contributed by atoms with E-state index < -0.39 is 23.4 Å². The van der Waals surface area contributed by atoms with E-state index in [4.69, 9.17) is 0 Å². The molecule has 3 unspecified atom stereocenters. The number of rotatable bonds is 5. The highest BCUT2D eigenvalue weighted by atomic mass is 16.4. The molecule has 0 heterocycles. The van der Waals surface area contributed by atoms with Gasteiger partial charge in [0.25, 0.3) is 0 Å². The first-order valence-electron chi connectivity index (χ1n) is 12.2. The van der Waals surface area contributed by atoms with Gasteiger partial charge in [-0.05, 0) is 95.3 Å². The molecule has 3 aliphatic rings. The molecule has 0 aromatic carbocycles. The zero-order chi connectivity index (χ0) is 23.0. The molecule has 0 spiro atoms. The van der Waals surface area contributed by atoms with Crippen molar-refractivity contribution in [1.29, 1.82) is 0 Å². The summed E-state index contributed by atoms with van der Waals surface area (Å²) in [7, 11) is 0. The number of hydrogen-bond acceptors (Lipinski definition) is 4. The van der Waals surface area contributed by atoms with E-state index in [9.17, 15) is 20.4 Å². The van der Waals surface area contributed by atoms with Gasteiger partial charge in [0.15, 0.2) is 0 Å². The van der Waals surface area contributed by atoms with Gasteiger partial charge >= 0.3 is 0 Å². The number of allylic oxidation sites excluding steroid dienone is 4. The molecular weight excluding hydrogens is 388 g/mol. The number of fused-ring (bicyclic) bond motifs is 1. The van der Waals surface area contributed by atoms with Crippen LogP contribution in [-0.2, 0) is 0 Å². The third-order valence-corrected chi connectivity index (χ3v) is 8.52. The summed E-state index contributed by atoms with van der Waals surface area (Å²) < 4.78 is 0. The van der Waals surface area contributed by atoms with Crippen molar-refractivity contribution < 1.29 is 20.4 Å². The molecule has 3 aliphatic carbocycles. The highest BCUT2D eigenvalue weighted by Gasteiger charge is 2.50. The Hall–Kier alpha value is -0.940. The van der Waals surface area contributed by atoms with Gasteiger partial charge in [-0.25, -0.2) is 0 Å². The third kappa shape index (κ3) is 5.35. The highest BCUT2D eigenvalue weighted by molar-refractivity contribution is 5.27. The van der Waals surface area contributed by atoms with Crippen LogP contribution in [0.2, 0.25) is 0 Å². The fraction of sp³-hybridized carbons (Fsp3) is 0.778. The van der Waals surface area contributed by atoms with Crippen molar-refractivity contribution in [2.45, 2.75) is 109 Å². The molecule has 0 aromatic rings. The molecule has 0 aromatic heterocycles. The molecule has 176 valence electrons. The van der Waals surface area contributed by atoms with Crippen LogP contribution >= 0.6 is 0 Å². The van der Waals surface area contributed by atoms with Crippen molar-refractivity contribution in [3.63, 3.8) is 0 Å². The minimum Gasteiger partial charge on any atom is -0.390 e. The van der Waals surface area contributed by atoms with E-state index in [0.29, 0.717) is 42.4 Å². The second-order valence-corrected chi connectivity index (χ2v) is 11.6. The van der Waals surface area contributed by atoms with E-state index in [-0.39, 0.29) is 0 Å². The first kappa shape index (κ1) is 24.7. The molecule has 3 saturated carbocycles. The van der Waals surface area contributed by atoms with Crippen LogP contribution < -0.4 is 0 Å². The minimum absolute atomic E-state index is 0.302. The van der Waals surface area contributed by atoms with E-state index in [1.54, 1.807) is 0 Å². The van der Waals surface area contributed by atoms with Crippen LogP contribution in [0.25, 0.3) is 0 Å². The van der Waals surface area contributed by atoms with Gasteiger partial charge in [0, 0.05) is 0 Å². The zero-order valence-corrected chi connectivity index (χ0v) is 20.1. The van der Waals surface area contributed by atoms with E-state index in [1.165, 1.54) is 38.2 Å². The van der Waals surface area contributed by atoms with Gasteiger partial charge in [0.05, 0.1) is 17.8 Å². The monoisotopic (exact) mass is 432 g/mol. The lowest BCUT2D eigenvalue weighted by molar-refractivity contribution is -0.144. The van der Waals surface area contributed by atoms with Crippen LogP contribution in [-0.4, -0.2) is 43.8 Å². The zero-order valence-electron chi connectivity index (χ0n) is 20.1. The maximum atomic E-state index is 10.2. The fourth-order valence-corrected chi connectivity index (χ4v) is 6.42. The molecule has 0 amide bonds. The summed E-state index contributed by atoms with van der Waals surface area (Å²) in [6.07, 6.45) is 14.6. The molecule has 0 bridgehead atoms. The van der Waals surface area contributed by atoms with Gasteiger partial charge in [-0.15, -0.1) is 0 Å². The van der Waals surface area contributed by atoms with Gasteiger partial charge in [-0.2, -0.15) is 0 Å². The normalized spacial score (nSPS) is 41.6. The SMILES string of the molecule is C[C@H](/C=C/CC(C)(C)O)C1CCC2/C(=C/C=C3C[C@@H](O)C(C)(O)[C@H](O)C3)CCCC21C. The topological polar surface area (TPSA) is 80.9 Å². The summed E-state index contributed by atoms with van der Waals surface area (Å²) in [4.78, 5) is 0. The summed E-state index contributed by atoms with van der Waals surface area (Å²) >= 11 is 0. The largest absolute Gasteiger partial charge is 0.390 e. The van der Waals surface area contributed by atoms with Gasteiger partial charge < -0.3 is 20.4 Å². The van der Waals surface area contributed by atoms with Crippen LogP contribution in [0.4, 0.5) is 0 Å². The summed E-state index contributed by atoms with van der Waals surface area (Å²) in [5.74, 6) is 1.75. The van der Waals surface area contributed by atoms with Gasteiger partial charge in [-0.1, -0.05) is 49.3 Å². The molecule has 6 atom stereocenters. The Kier molecular flexibility index (Phi) is 7.27. The van der Waals surface area contributed by atoms with E-state index in [1.807, 2.05) is 13.8 Å². The molecule has 3 fully saturated rings. The second kappa shape index (κ2) is 9.13. The maximum absolute atomic E-state index is 10.2. The number of aliphatic hydroxyl groups excluding tert-OH is 2. The Morgan fingerprint density at radius 1 is 1.10 bits per heavy atom. The van der Waals surface area contributed by atoms with Gasteiger partial charge in [0.1, 0.15) is 5.60 Å². The van der Waals surface area contributed by atoms with Crippen molar-refractivity contribution in [3.8, 4) is 0 Å². The molecular formula is C27H44O4. The van der Waals surface area contributed by atoms with Crippen molar-refractivity contribution in [3.05, 3.63) is 35.5 Å². The Bertz CT molecular complexity index is 710. The molecule has 4 heteroatoms. The van der Waals surface area contributed by atoms with Crippen molar-refractivity contribution in [1.82, 2.24) is 0 Å². The number of hydrogen-bond donors (Lipinski definition) is 4. The van der Waals surface area contributed by atoms with Crippen LogP contribution in [0.1, 0.15) is 86.0 Å². The lowest BCUT2D eigenvalue weighted by atomic mass is 9.61. The highest BCUT2D eigenvalue weighted by Crippen LogP contribution is 2.59. The minimum atomic E-state index is -1.43. The van der Waals surface area contributed by atoms with Gasteiger partial charge in [0.2, 0.25) is 0 Å². The van der Waals surface area contributed by atoms with Crippen molar-refractivity contribution in [2.24, 2.45) is 23.2 Å². The Morgan fingerprint density at radius 3 is 2.35 bits per heavy atom. The van der Waals surface area contributed by atoms with Crippen molar-refractivity contribution >= 4 is 0 Å². The predicted octanol–water partition coefficient (Wildman–Crippen LogP) is 4.68. The van der Waals surface area contributed by atoms with E-state index >= 15 is 0 Å². The average molecular weight is 433 g/mol. The first-order valence-corrected chi connectivity index (χ1v) is 12.2. The van der Waals surface area contributed by atoms with Crippen LogP contribution in [0.15, 0.2) is 35.5 Å². The lowest BCUT2D eigenvalue weighted by Gasteiger charge is -2.44. The summed E-state index contributed by atoms with van der Waals surface area (Å²) in [6.45, 7) is 10.0. The molecule has 3 rings (SSSR count). The average Bonchev–Trinajstić information content (AvgIpc) is 3.01. The van der Waals surface area contributed by atoms with Crippen LogP contribution in [0, 0.1) is 23.2 Å². The Labute approximate surface area is 188 Å². The summed E-state index contributed by atoms with van der Waals surface area (Å²) in [6, 6.07) is 0. The smallest absolute Gasteiger partial charge is 0.114 e. The summed E-state index contributed by atoms with van der Waals surface area (Å²) in [5, 5.41) is 40.7. The molecule has 0 saturated heterocycles. The lowest BCUT2D eigenvalue weighted by Crippen LogP contribution is -2.52. The van der Waals surface area contributed by atoms with E-state index in [2.05, 4.69) is 38.2 Å².